The van der Waals surface area contributed by atoms with Gasteiger partial charge in [0.2, 0.25) is 5.95 Å². The fraction of sp³-hybridized carbons (Fsp3) is 0.242. The van der Waals surface area contributed by atoms with Gasteiger partial charge in [-0.2, -0.15) is 10.1 Å². The van der Waals surface area contributed by atoms with Crippen LogP contribution in [0.2, 0.25) is 0 Å². The van der Waals surface area contributed by atoms with Gasteiger partial charge < -0.3 is 25.8 Å². The van der Waals surface area contributed by atoms with Crippen LogP contribution in [0.5, 0.6) is 11.5 Å². The van der Waals surface area contributed by atoms with Crippen molar-refractivity contribution in [2.24, 2.45) is 0 Å². The van der Waals surface area contributed by atoms with Crippen LogP contribution in [0.15, 0.2) is 72.9 Å². The van der Waals surface area contributed by atoms with Crippen molar-refractivity contribution in [2.45, 2.75) is 32.4 Å². The largest absolute Gasteiger partial charge is 0.492 e. The summed E-state index contributed by atoms with van der Waals surface area (Å²) in [5, 5.41) is 5.18. The molecule has 3 aromatic carbocycles. The summed E-state index contributed by atoms with van der Waals surface area (Å²) < 4.78 is 13.8. The normalized spacial score (nSPS) is 14.5. The molecule has 1 aliphatic rings. The second-order valence-corrected chi connectivity index (χ2v) is 10.4. The average molecular weight is 561 g/mol. The Morgan fingerprint density at radius 3 is 2.55 bits per heavy atom. The zero-order chi connectivity index (χ0) is 29.2. The molecular weight excluding hydrogens is 526 g/mol. The molecule has 0 saturated carbocycles. The highest BCUT2D eigenvalue weighted by Crippen LogP contribution is 2.47. The van der Waals surface area contributed by atoms with E-state index in [1.54, 1.807) is 20.4 Å². The second-order valence-electron chi connectivity index (χ2n) is 10.4. The summed E-state index contributed by atoms with van der Waals surface area (Å²) in [4.78, 5) is 10.7. The Kier molecular flexibility index (Phi) is 7.39. The molecule has 213 valence electrons. The van der Waals surface area contributed by atoms with Crippen molar-refractivity contribution < 1.29 is 9.47 Å². The Morgan fingerprint density at radius 2 is 1.79 bits per heavy atom. The number of hydrogen-bond acceptors (Lipinski definition) is 8. The van der Waals surface area contributed by atoms with Gasteiger partial charge in [-0.15, -0.1) is 0 Å². The molecular formula is C33H34N7O2. The number of aromatic nitrogens is 4. The lowest BCUT2D eigenvalue weighted by atomic mass is 9.89. The van der Waals surface area contributed by atoms with Crippen LogP contribution in [0.4, 0.5) is 17.5 Å². The van der Waals surface area contributed by atoms with Crippen molar-refractivity contribution in [3.63, 3.8) is 0 Å². The van der Waals surface area contributed by atoms with E-state index in [0.717, 1.165) is 41.2 Å². The van der Waals surface area contributed by atoms with Crippen molar-refractivity contribution in [3.05, 3.63) is 118 Å². The Morgan fingerprint density at radius 1 is 1.00 bits per heavy atom. The van der Waals surface area contributed by atoms with Crippen molar-refractivity contribution >= 4 is 17.5 Å². The number of nitrogens with zero attached hydrogens (tertiary/aromatic N) is 5. The number of benzene rings is 3. The van der Waals surface area contributed by atoms with Crippen LogP contribution in [0, 0.1) is 13.0 Å². The molecule has 0 fully saturated rings. The van der Waals surface area contributed by atoms with Crippen LogP contribution in [0.1, 0.15) is 45.2 Å². The Balaban J connectivity index is 1.50. The highest BCUT2D eigenvalue weighted by atomic mass is 16.5. The first-order valence-corrected chi connectivity index (χ1v) is 13.9. The minimum atomic E-state index is -0.162. The number of rotatable bonds is 8. The van der Waals surface area contributed by atoms with Crippen LogP contribution < -0.4 is 25.8 Å². The average Bonchev–Trinajstić information content (AvgIpc) is 3.37. The van der Waals surface area contributed by atoms with Gasteiger partial charge in [-0.05, 0) is 47.7 Å². The molecule has 0 spiro atoms. The quantitative estimate of drug-likeness (QED) is 0.279. The van der Waals surface area contributed by atoms with Gasteiger partial charge in [0, 0.05) is 36.5 Å². The summed E-state index contributed by atoms with van der Waals surface area (Å²) in [5.41, 5.74) is 20.4. The number of hydrogen-bond donors (Lipinski definition) is 2. The van der Waals surface area contributed by atoms with Crippen LogP contribution in [-0.4, -0.2) is 40.5 Å². The summed E-state index contributed by atoms with van der Waals surface area (Å²) in [5.74, 6) is 1.62. The van der Waals surface area contributed by atoms with E-state index in [4.69, 9.17) is 26.0 Å². The minimum Gasteiger partial charge on any atom is -0.492 e. The molecule has 3 heterocycles. The highest BCUT2D eigenvalue weighted by Gasteiger charge is 2.35. The predicted octanol–water partition coefficient (Wildman–Crippen LogP) is 4.75. The molecule has 0 bridgehead atoms. The molecule has 1 aliphatic heterocycles. The number of nitrogens with two attached hydrogens (primary N) is 2. The van der Waals surface area contributed by atoms with E-state index in [1.807, 2.05) is 12.1 Å². The lowest BCUT2D eigenvalue weighted by molar-refractivity contribution is 0.353. The third-order valence-electron chi connectivity index (χ3n) is 7.83. The standard InChI is InChI=1S/C33H34N7O2/c1-21-17-27(38-40(21)20-22-9-5-4-6-10-22)30-26-12-8-7-11-23(26)15-16-39(30)29-24(13-14-28(41-2)31(29)42-3)18-25-19-36-33(35)37-32(25)34/h4-13,17,19,30H,15-16,18,20H2,1-3H3,(H4,34,35,36,37). The van der Waals surface area contributed by atoms with Crippen molar-refractivity contribution in [2.75, 3.05) is 37.1 Å². The van der Waals surface area contributed by atoms with Crippen molar-refractivity contribution in [3.8, 4) is 11.5 Å². The van der Waals surface area contributed by atoms with Gasteiger partial charge >= 0.3 is 0 Å². The molecule has 1 unspecified atom stereocenters. The molecule has 0 amide bonds. The summed E-state index contributed by atoms with van der Waals surface area (Å²) in [6.07, 6.45) is 3.01. The predicted molar refractivity (Wildman–Crippen MR) is 164 cm³/mol. The maximum absolute atomic E-state index is 6.27. The zero-order valence-corrected chi connectivity index (χ0v) is 24.0. The smallest absolute Gasteiger partial charge is 0.221 e. The zero-order valence-electron chi connectivity index (χ0n) is 24.0. The molecule has 9 heteroatoms. The van der Waals surface area contributed by atoms with Crippen LogP contribution >= 0.6 is 0 Å². The summed E-state index contributed by atoms with van der Waals surface area (Å²) in [6.45, 7) is 3.55. The molecule has 0 aliphatic carbocycles. The highest BCUT2D eigenvalue weighted by molar-refractivity contribution is 5.72. The third-order valence-corrected chi connectivity index (χ3v) is 7.83. The topological polar surface area (TPSA) is 117 Å². The van der Waals surface area contributed by atoms with Crippen molar-refractivity contribution in [1.82, 2.24) is 19.7 Å². The van der Waals surface area contributed by atoms with Crippen molar-refractivity contribution in [1.29, 1.82) is 0 Å². The van der Waals surface area contributed by atoms with Crippen LogP contribution in [-0.2, 0) is 19.4 Å². The number of ether oxygens (including phenoxy) is 2. The SMILES string of the molecule is COc1[c]cc(Cc2cnc(N)nc2N)c(N2CCc3ccccc3C2c2cc(C)n(Cc3ccccc3)n2)c1OC. The first kappa shape index (κ1) is 27.1. The van der Waals surface area contributed by atoms with E-state index in [2.05, 4.69) is 87.1 Å². The van der Waals surface area contributed by atoms with Gasteiger partial charge in [0.1, 0.15) is 5.82 Å². The van der Waals surface area contributed by atoms with Gasteiger partial charge in [-0.1, -0.05) is 54.6 Å². The molecule has 4 N–H and O–H groups in total. The van der Waals surface area contributed by atoms with E-state index in [0.29, 0.717) is 30.3 Å². The van der Waals surface area contributed by atoms with E-state index >= 15 is 0 Å². The number of anilines is 3. The number of fused-ring (bicyclic) bond motifs is 1. The minimum absolute atomic E-state index is 0.143. The summed E-state index contributed by atoms with van der Waals surface area (Å²) in [6, 6.07) is 26.2. The Hall–Kier alpha value is -5.05. The maximum atomic E-state index is 6.27. The van der Waals surface area contributed by atoms with Gasteiger partial charge in [0.15, 0.2) is 11.5 Å². The van der Waals surface area contributed by atoms with E-state index in [1.165, 1.54) is 16.7 Å². The first-order valence-electron chi connectivity index (χ1n) is 13.9. The molecule has 1 radical (unpaired) electrons. The van der Waals surface area contributed by atoms with E-state index in [-0.39, 0.29) is 12.0 Å². The summed E-state index contributed by atoms with van der Waals surface area (Å²) in [7, 11) is 3.28. The van der Waals surface area contributed by atoms with E-state index < -0.39 is 0 Å². The summed E-state index contributed by atoms with van der Waals surface area (Å²) >= 11 is 0. The van der Waals surface area contributed by atoms with Gasteiger partial charge in [0.25, 0.3) is 0 Å². The van der Waals surface area contributed by atoms with Gasteiger partial charge in [-0.25, -0.2) is 4.98 Å². The number of aryl methyl sites for hydroxylation is 1. The van der Waals surface area contributed by atoms with Crippen LogP contribution in [0.25, 0.3) is 0 Å². The monoisotopic (exact) mass is 560 g/mol. The van der Waals surface area contributed by atoms with E-state index in [9.17, 15) is 0 Å². The number of nitrogen functional groups attached to an aromatic ring is 2. The fourth-order valence-electron chi connectivity index (χ4n) is 5.82. The lowest BCUT2D eigenvalue weighted by Gasteiger charge is -2.40. The first-order chi connectivity index (χ1) is 20.5. The molecule has 42 heavy (non-hydrogen) atoms. The second kappa shape index (κ2) is 11.4. The molecule has 5 aromatic rings. The molecule has 6 rings (SSSR count). The number of methoxy groups -OCH3 is 2. The Labute approximate surface area is 245 Å². The molecule has 9 nitrogen and oxygen atoms in total. The molecule has 2 aromatic heterocycles. The fourth-order valence-corrected chi connectivity index (χ4v) is 5.82. The van der Waals surface area contributed by atoms with Gasteiger partial charge in [0.05, 0.1) is 38.2 Å². The van der Waals surface area contributed by atoms with Crippen LogP contribution in [0.3, 0.4) is 0 Å². The third kappa shape index (κ3) is 5.09. The van der Waals surface area contributed by atoms with Gasteiger partial charge in [-0.3, -0.25) is 4.68 Å². The lowest BCUT2D eigenvalue weighted by Crippen LogP contribution is -2.37. The molecule has 0 saturated heterocycles. The molecule has 1 atom stereocenters. The Bertz CT molecular complexity index is 1720. The maximum Gasteiger partial charge on any atom is 0.221 e.